The van der Waals surface area contributed by atoms with Gasteiger partial charge in [0.1, 0.15) is 0 Å². The summed E-state index contributed by atoms with van der Waals surface area (Å²) in [6.45, 7) is 6.08. The molecule has 0 spiro atoms. The lowest BCUT2D eigenvalue weighted by molar-refractivity contribution is 0.0593. The second-order valence-corrected chi connectivity index (χ2v) is 5.03. The molecule has 1 aromatic rings. The molecule has 0 atom stereocenters. The van der Waals surface area contributed by atoms with Gasteiger partial charge >= 0.3 is 5.97 Å². The number of likely N-dealkylation sites (N-methyl/N-ethyl adjacent to an activating group) is 1. The van der Waals surface area contributed by atoms with E-state index in [2.05, 4.69) is 4.90 Å². The number of hydrogen-bond donors (Lipinski definition) is 1. The number of ether oxygens (including phenoxy) is 2. The summed E-state index contributed by atoms with van der Waals surface area (Å²) >= 11 is 0. The molecular formula is C15H24N2O3. The Kier molecular flexibility index (Phi) is 6.48. The van der Waals surface area contributed by atoms with Crippen molar-refractivity contribution in [3.63, 3.8) is 0 Å². The summed E-state index contributed by atoms with van der Waals surface area (Å²) in [4.78, 5) is 13.9. The average molecular weight is 280 g/mol. The lowest BCUT2D eigenvalue weighted by Gasteiger charge is -2.19. The zero-order valence-electron chi connectivity index (χ0n) is 12.7. The summed E-state index contributed by atoms with van der Waals surface area (Å²) in [7, 11) is 3.34. The van der Waals surface area contributed by atoms with E-state index in [9.17, 15) is 4.79 Å². The first kappa shape index (κ1) is 16.5. The molecule has 112 valence electrons. The molecule has 20 heavy (non-hydrogen) atoms. The van der Waals surface area contributed by atoms with E-state index >= 15 is 0 Å². The molecule has 2 N–H and O–H groups in total. The summed E-state index contributed by atoms with van der Waals surface area (Å²) in [5.74, 6) is -0.398. The van der Waals surface area contributed by atoms with Gasteiger partial charge in [0.05, 0.1) is 25.4 Å². The van der Waals surface area contributed by atoms with Crippen molar-refractivity contribution in [1.82, 2.24) is 4.90 Å². The van der Waals surface area contributed by atoms with Crippen molar-refractivity contribution in [2.75, 3.05) is 33.0 Å². The Bertz CT molecular complexity index is 447. The molecule has 0 amide bonds. The molecule has 0 aliphatic heterocycles. The van der Waals surface area contributed by atoms with Crippen molar-refractivity contribution in [2.24, 2.45) is 0 Å². The van der Waals surface area contributed by atoms with E-state index in [4.69, 9.17) is 15.2 Å². The number of carbonyl (C=O) groups excluding carboxylic acids is 1. The van der Waals surface area contributed by atoms with Crippen molar-refractivity contribution in [2.45, 2.75) is 26.5 Å². The van der Waals surface area contributed by atoms with Crippen molar-refractivity contribution < 1.29 is 14.3 Å². The highest BCUT2D eigenvalue weighted by Gasteiger charge is 2.16. The predicted octanol–water partition coefficient (Wildman–Crippen LogP) is 1.91. The van der Waals surface area contributed by atoms with Crippen LogP contribution in [0.3, 0.4) is 0 Å². The molecule has 0 heterocycles. The third kappa shape index (κ3) is 4.83. The summed E-state index contributed by atoms with van der Waals surface area (Å²) in [6.07, 6.45) is 0.224. The molecule has 0 aliphatic carbocycles. The van der Waals surface area contributed by atoms with Crippen LogP contribution < -0.4 is 5.73 Å². The zero-order chi connectivity index (χ0) is 15.1. The van der Waals surface area contributed by atoms with Crippen LogP contribution in [0.15, 0.2) is 18.2 Å². The lowest BCUT2D eigenvalue weighted by atomic mass is 10.1. The van der Waals surface area contributed by atoms with Gasteiger partial charge in [-0.1, -0.05) is 12.1 Å². The summed E-state index contributed by atoms with van der Waals surface area (Å²) in [5, 5.41) is 0. The smallest absolute Gasteiger partial charge is 0.340 e. The van der Waals surface area contributed by atoms with E-state index in [1.165, 1.54) is 7.11 Å². The Morgan fingerprint density at radius 2 is 2.10 bits per heavy atom. The van der Waals surface area contributed by atoms with Gasteiger partial charge in [-0.05, 0) is 32.5 Å². The summed E-state index contributed by atoms with van der Waals surface area (Å²) in [6, 6.07) is 5.44. The predicted molar refractivity (Wildman–Crippen MR) is 79.6 cm³/mol. The second kappa shape index (κ2) is 7.87. The quantitative estimate of drug-likeness (QED) is 0.610. The monoisotopic (exact) mass is 280 g/mol. The Hall–Kier alpha value is -1.59. The maximum absolute atomic E-state index is 11.8. The Labute approximate surface area is 120 Å². The van der Waals surface area contributed by atoms with E-state index in [1.807, 2.05) is 33.0 Å². The van der Waals surface area contributed by atoms with Crippen molar-refractivity contribution in [1.29, 1.82) is 0 Å². The van der Waals surface area contributed by atoms with Crippen LogP contribution in [0.1, 0.15) is 29.8 Å². The number of benzene rings is 1. The van der Waals surface area contributed by atoms with Crippen molar-refractivity contribution in [3.05, 3.63) is 29.3 Å². The van der Waals surface area contributed by atoms with Gasteiger partial charge in [0.15, 0.2) is 0 Å². The van der Waals surface area contributed by atoms with E-state index < -0.39 is 5.97 Å². The molecule has 0 radical (unpaired) electrons. The van der Waals surface area contributed by atoms with Crippen molar-refractivity contribution >= 4 is 11.7 Å². The fraction of sp³-hybridized carbons (Fsp3) is 0.533. The topological polar surface area (TPSA) is 64.8 Å². The second-order valence-electron chi connectivity index (χ2n) is 5.03. The van der Waals surface area contributed by atoms with Gasteiger partial charge < -0.3 is 15.2 Å². The Morgan fingerprint density at radius 1 is 1.40 bits per heavy atom. The van der Waals surface area contributed by atoms with Crippen LogP contribution in [0.25, 0.3) is 0 Å². The number of esters is 1. The fourth-order valence-electron chi connectivity index (χ4n) is 1.92. The van der Waals surface area contributed by atoms with Crippen LogP contribution in [0, 0.1) is 0 Å². The molecular weight excluding hydrogens is 256 g/mol. The van der Waals surface area contributed by atoms with Crippen LogP contribution in [0.5, 0.6) is 0 Å². The minimum atomic E-state index is -0.398. The Morgan fingerprint density at radius 3 is 2.70 bits per heavy atom. The standard InChI is InChI=1S/C15H24N2O3/c1-11(2)20-9-8-17(3)10-12-6-5-7-13(16)14(12)15(18)19-4/h5-7,11H,8-10,16H2,1-4H3. The molecule has 0 saturated heterocycles. The summed E-state index contributed by atoms with van der Waals surface area (Å²) in [5.41, 5.74) is 7.63. The van der Waals surface area contributed by atoms with E-state index in [-0.39, 0.29) is 6.10 Å². The number of anilines is 1. The average Bonchev–Trinajstić information content (AvgIpc) is 2.37. The number of nitrogens with zero attached hydrogens (tertiary/aromatic N) is 1. The normalized spacial score (nSPS) is 11.1. The molecule has 5 heteroatoms. The fourth-order valence-corrected chi connectivity index (χ4v) is 1.92. The van der Waals surface area contributed by atoms with Crippen LogP contribution in [0.2, 0.25) is 0 Å². The largest absolute Gasteiger partial charge is 0.465 e. The van der Waals surface area contributed by atoms with Gasteiger partial charge in [0.2, 0.25) is 0 Å². The van der Waals surface area contributed by atoms with Gasteiger partial charge in [-0.2, -0.15) is 0 Å². The van der Waals surface area contributed by atoms with Gasteiger partial charge in [-0.15, -0.1) is 0 Å². The number of nitrogen functional groups attached to an aromatic ring is 1. The van der Waals surface area contributed by atoms with Crippen LogP contribution in [-0.4, -0.2) is 44.3 Å². The third-order valence-electron chi connectivity index (χ3n) is 2.94. The van der Waals surface area contributed by atoms with E-state index in [1.54, 1.807) is 6.07 Å². The van der Waals surface area contributed by atoms with Gasteiger partial charge in [0.25, 0.3) is 0 Å². The summed E-state index contributed by atoms with van der Waals surface area (Å²) < 4.78 is 10.3. The van der Waals surface area contributed by atoms with Crippen LogP contribution in [0.4, 0.5) is 5.69 Å². The lowest BCUT2D eigenvalue weighted by Crippen LogP contribution is -2.25. The molecule has 0 fully saturated rings. The maximum atomic E-state index is 11.8. The molecule has 0 aromatic heterocycles. The molecule has 5 nitrogen and oxygen atoms in total. The zero-order valence-corrected chi connectivity index (χ0v) is 12.7. The highest BCUT2D eigenvalue weighted by atomic mass is 16.5. The van der Waals surface area contributed by atoms with E-state index in [0.29, 0.717) is 24.4 Å². The highest BCUT2D eigenvalue weighted by Crippen LogP contribution is 2.19. The molecule has 0 bridgehead atoms. The first-order valence-electron chi connectivity index (χ1n) is 6.71. The molecule has 0 saturated carbocycles. The maximum Gasteiger partial charge on any atom is 0.340 e. The number of methoxy groups -OCH3 is 1. The Balaban J connectivity index is 2.72. The number of nitrogens with two attached hydrogens (primary N) is 1. The number of rotatable bonds is 7. The van der Waals surface area contributed by atoms with Crippen LogP contribution in [-0.2, 0) is 16.0 Å². The van der Waals surface area contributed by atoms with Gasteiger partial charge in [-0.25, -0.2) is 4.79 Å². The van der Waals surface area contributed by atoms with Gasteiger partial charge in [0, 0.05) is 18.8 Å². The first-order valence-corrected chi connectivity index (χ1v) is 6.71. The highest BCUT2D eigenvalue weighted by molar-refractivity contribution is 5.96. The number of carbonyl (C=O) groups is 1. The molecule has 0 unspecified atom stereocenters. The molecule has 1 rings (SSSR count). The number of hydrogen-bond acceptors (Lipinski definition) is 5. The minimum Gasteiger partial charge on any atom is -0.465 e. The van der Waals surface area contributed by atoms with Crippen LogP contribution >= 0.6 is 0 Å². The molecule has 1 aromatic carbocycles. The minimum absolute atomic E-state index is 0.224. The molecule has 0 aliphatic rings. The SMILES string of the molecule is COC(=O)c1c(N)cccc1CN(C)CCOC(C)C. The van der Waals surface area contributed by atoms with Crippen molar-refractivity contribution in [3.8, 4) is 0 Å². The first-order chi connectivity index (χ1) is 9.45. The third-order valence-corrected chi connectivity index (χ3v) is 2.94. The van der Waals surface area contributed by atoms with E-state index in [0.717, 1.165) is 12.1 Å². The van der Waals surface area contributed by atoms with Gasteiger partial charge in [-0.3, -0.25) is 4.90 Å².